The van der Waals surface area contributed by atoms with Crippen molar-refractivity contribution in [3.63, 3.8) is 0 Å². The van der Waals surface area contributed by atoms with Crippen molar-refractivity contribution >= 4 is 17.3 Å². The Morgan fingerprint density at radius 2 is 1.96 bits per heavy atom. The summed E-state index contributed by atoms with van der Waals surface area (Å²) in [6.07, 6.45) is 0. The van der Waals surface area contributed by atoms with Crippen LogP contribution in [-0.2, 0) is 6.54 Å². The van der Waals surface area contributed by atoms with Crippen molar-refractivity contribution in [1.29, 1.82) is 0 Å². The van der Waals surface area contributed by atoms with Crippen molar-refractivity contribution in [2.75, 3.05) is 27.3 Å². The number of ether oxygens (including phenoxy) is 2. The van der Waals surface area contributed by atoms with Gasteiger partial charge in [0.2, 0.25) is 0 Å². The number of hydrogen-bond donors (Lipinski definition) is 2. The van der Waals surface area contributed by atoms with Crippen molar-refractivity contribution in [2.24, 2.45) is 4.99 Å². The lowest BCUT2D eigenvalue weighted by atomic mass is 10.1. The van der Waals surface area contributed by atoms with Crippen LogP contribution in [0, 0.1) is 0 Å². The summed E-state index contributed by atoms with van der Waals surface area (Å²) in [5.41, 5.74) is 2.42. The van der Waals surface area contributed by atoms with Crippen LogP contribution in [-0.4, -0.2) is 33.3 Å². The van der Waals surface area contributed by atoms with Crippen LogP contribution in [0.4, 0.5) is 0 Å². The van der Waals surface area contributed by atoms with E-state index in [1.807, 2.05) is 18.2 Å². The average molecular weight is 362 g/mol. The second kappa shape index (κ2) is 9.93. The molecule has 0 amide bonds. The van der Waals surface area contributed by atoms with Gasteiger partial charge in [-0.2, -0.15) is 11.3 Å². The number of thiophene rings is 1. The highest BCUT2D eigenvalue weighted by Gasteiger charge is 2.08. The second-order valence-electron chi connectivity index (χ2n) is 5.72. The van der Waals surface area contributed by atoms with E-state index in [2.05, 4.69) is 46.3 Å². The summed E-state index contributed by atoms with van der Waals surface area (Å²) >= 11 is 1.73. The maximum Gasteiger partial charge on any atom is 0.191 e. The molecule has 0 saturated heterocycles. The highest BCUT2D eigenvalue weighted by molar-refractivity contribution is 7.07. The van der Waals surface area contributed by atoms with Crippen molar-refractivity contribution in [2.45, 2.75) is 26.3 Å². The van der Waals surface area contributed by atoms with Gasteiger partial charge >= 0.3 is 0 Å². The minimum atomic E-state index is 0.441. The molecular formula is C19H27N3O2S. The van der Waals surface area contributed by atoms with Gasteiger partial charge in [-0.05, 0) is 52.9 Å². The van der Waals surface area contributed by atoms with E-state index in [1.165, 1.54) is 5.56 Å². The average Bonchev–Trinajstić information content (AvgIpc) is 3.18. The standard InChI is InChI=1S/C19H27N3O2S/c1-5-20-19(21-11-14(2)16-8-9-25-13-16)22-12-15-6-7-17(23-3)18(10-15)24-4/h6-10,13-14H,5,11-12H2,1-4H3,(H2,20,21,22). The number of nitrogens with one attached hydrogen (secondary N) is 2. The predicted octanol–water partition coefficient (Wildman–Crippen LogP) is 3.62. The zero-order valence-corrected chi connectivity index (χ0v) is 16.2. The number of guanidine groups is 1. The third-order valence-electron chi connectivity index (χ3n) is 3.90. The Balaban J connectivity index is 1.99. The molecule has 1 aromatic heterocycles. The lowest BCUT2D eigenvalue weighted by molar-refractivity contribution is 0.354. The molecule has 0 aliphatic carbocycles. The van der Waals surface area contributed by atoms with Crippen molar-refractivity contribution in [3.05, 3.63) is 46.2 Å². The first kappa shape index (κ1) is 19.1. The first-order valence-corrected chi connectivity index (χ1v) is 9.37. The Hall–Kier alpha value is -2.21. The molecule has 136 valence electrons. The molecule has 1 aromatic carbocycles. The van der Waals surface area contributed by atoms with Gasteiger partial charge in [-0.1, -0.05) is 13.0 Å². The Kier molecular flexibility index (Phi) is 7.60. The van der Waals surface area contributed by atoms with Gasteiger partial charge in [-0.15, -0.1) is 0 Å². The molecule has 1 unspecified atom stereocenters. The number of methoxy groups -OCH3 is 2. The summed E-state index contributed by atoms with van der Waals surface area (Å²) < 4.78 is 10.6. The van der Waals surface area contributed by atoms with Gasteiger partial charge < -0.3 is 20.1 Å². The Bertz CT molecular complexity index is 671. The highest BCUT2D eigenvalue weighted by atomic mass is 32.1. The molecule has 0 aliphatic rings. The van der Waals surface area contributed by atoms with Gasteiger partial charge in [0.05, 0.1) is 20.8 Å². The lowest BCUT2D eigenvalue weighted by Crippen LogP contribution is -2.39. The van der Waals surface area contributed by atoms with Gasteiger partial charge in [0, 0.05) is 13.1 Å². The molecule has 2 N–H and O–H groups in total. The predicted molar refractivity (Wildman–Crippen MR) is 105 cm³/mol. The first-order chi connectivity index (χ1) is 12.2. The summed E-state index contributed by atoms with van der Waals surface area (Å²) in [7, 11) is 3.28. The van der Waals surface area contributed by atoms with Crippen LogP contribution < -0.4 is 20.1 Å². The fourth-order valence-electron chi connectivity index (χ4n) is 2.41. The van der Waals surface area contributed by atoms with E-state index in [0.29, 0.717) is 12.5 Å². The molecule has 0 saturated carbocycles. The quantitative estimate of drug-likeness (QED) is 0.557. The topological polar surface area (TPSA) is 54.9 Å². The van der Waals surface area contributed by atoms with Crippen LogP contribution >= 0.6 is 11.3 Å². The largest absolute Gasteiger partial charge is 0.493 e. The molecule has 5 nitrogen and oxygen atoms in total. The van der Waals surface area contributed by atoms with E-state index >= 15 is 0 Å². The van der Waals surface area contributed by atoms with Gasteiger partial charge in [0.1, 0.15) is 0 Å². The van der Waals surface area contributed by atoms with Crippen molar-refractivity contribution in [1.82, 2.24) is 10.6 Å². The van der Waals surface area contributed by atoms with Gasteiger partial charge in [0.15, 0.2) is 17.5 Å². The molecule has 1 heterocycles. The maximum absolute atomic E-state index is 5.35. The first-order valence-electron chi connectivity index (χ1n) is 8.43. The second-order valence-corrected chi connectivity index (χ2v) is 6.50. The van der Waals surface area contributed by atoms with Gasteiger partial charge in [-0.25, -0.2) is 4.99 Å². The third-order valence-corrected chi connectivity index (χ3v) is 4.60. The summed E-state index contributed by atoms with van der Waals surface area (Å²) in [6.45, 7) is 6.52. The minimum absolute atomic E-state index is 0.441. The van der Waals surface area contributed by atoms with E-state index in [9.17, 15) is 0 Å². The number of rotatable bonds is 8. The third kappa shape index (κ3) is 5.67. The molecule has 0 bridgehead atoms. The smallest absolute Gasteiger partial charge is 0.191 e. The van der Waals surface area contributed by atoms with E-state index in [0.717, 1.165) is 36.1 Å². The SMILES string of the molecule is CCNC(=NCc1ccc(OC)c(OC)c1)NCC(C)c1ccsc1. The number of aliphatic imine (C=N–C) groups is 1. The van der Waals surface area contributed by atoms with E-state index in [-0.39, 0.29) is 0 Å². The van der Waals surface area contributed by atoms with Crippen molar-refractivity contribution in [3.8, 4) is 11.5 Å². The van der Waals surface area contributed by atoms with Crippen LogP contribution in [0.3, 0.4) is 0 Å². The maximum atomic E-state index is 5.35. The molecular weight excluding hydrogens is 334 g/mol. The number of benzene rings is 1. The summed E-state index contributed by atoms with van der Waals surface area (Å²) in [5, 5.41) is 11.0. The van der Waals surface area contributed by atoms with Crippen LogP contribution in [0.2, 0.25) is 0 Å². The summed E-state index contributed by atoms with van der Waals surface area (Å²) in [5.74, 6) is 2.71. The monoisotopic (exact) mass is 361 g/mol. The molecule has 2 rings (SSSR count). The van der Waals surface area contributed by atoms with Crippen LogP contribution in [0.15, 0.2) is 40.0 Å². The molecule has 0 aliphatic heterocycles. The Labute approximate surface area is 154 Å². The highest BCUT2D eigenvalue weighted by Crippen LogP contribution is 2.27. The van der Waals surface area contributed by atoms with Gasteiger partial charge in [-0.3, -0.25) is 0 Å². The zero-order valence-electron chi connectivity index (χ0n) is 15.3. The fourth-order valence-corrected chi connectivity index (χ4v) is 3.20. The Morgan fingerprint density at radius 1 is 1.16 bits per heavy atom. The molecule has 0 fully saturated rings. The molecule has 25 heavy (non-hydrogen) atoms. The lowest BCUT2D eigenvalue weighted by Gasteiger charge is -2.15. The zero-order chi connectivity index (χ0) is 18.1. The van der Waals surface area contributed by atoms with E-state index in [4.69, 9.17) is 9.47 Å². The van der Waals surface area contributed by atoms with Crippen molar-refractivity contribution < 1.29 is 9.47 Å². The van der Waals surface area contributed by atoms with Gasteiger partial charge in [0.25, 0.3) is 0 Å². The van der Waals surface area contributed by atoms with E-state index < -0.39 is 0 Å². The Morgan fingerprint density at radius 3 is 2.60 bits per heavy atom. The van der Waals surface area contributed by atoms with Crippen LogP contribution in [0.1, 0.15) is 30.9 Å². The normalized spacial score (nSPS) is 12.6. The summed E-state index contributed by atoms with van der Waals surface area (Å²) in [4.78, 5) is 4.67. The van der Waals surface area contributed by atoms with E-state index in [1.54, 1.807) is 25.6 Å². The summed E-state index contributed by atoms with van der Waals surface area (Å²) in [6, 6.07) is 8.04. The molecule has 6 heteroatoms. The number of hydrogen-bond acceptors (Lipinski definition) is 4. The van der Waals surface area contributed by atoms with Crippen LogP contribution in [0.25, 0.3) is 0 Å². The molecule has 1 atom stereocenters. The fraction of sp³-hybridized carbons (Fsp3) is 0.421. The number of nitrogens with zero attached hydrogens (tertiary/aromatic N) is 1. The molecule has 2 aromatic rings. The molecule has 0 spiro atoms. The minimum Gasteiger partial charge on any atom is -0.493 e. The van der Waals surface area contributed by atoms with Crippen LogP contribution in [0.5, 0.6) is 11.5 Å². The molecule has 0 radical (unpaired) electrons.